The number of rotatable bonds is 23. The van der Waals surface area contributed by atoms with Crippen molar-refractivity contribution in [1.29, 1.82) is 0 Å². The molecule has 5 aliphatic rings. The number of aliphatic hydroxyl groups is 3. The van der Waals surface area contributed by atoms with Gasteiger partial charge in [0.2, 0.25) is 12.2 Å². The molecule has 6 N–H and O–H groups in total. The van der Waals surface area contributed by atoms with E-state index in [1.165, 1.54) is 40.9 Å². The number of thioether (sulfide) groups is 1. The Balaban J connectivity index is 0.958. The maximum atomic E-state index is 15.4. The molecule has 2 aromatic carbocycles. The fourth-order valence-corrected chi connectivity index (χ4v) is 12.2. The average molecular weight is 1160 g/mol. The van der Waals surface area contributed by atoms with E-state index >= 15 is 13.2 Å². The van der Waals surface area contributed by atoms with Crippen LogP contribution in [0.25, 0.3) is 0 Å². The summed E-state index contributed by atoms with van der Waals surface area (Å²) in [6.45, 7) is 5.79. The van der Waals surface area contributed by atoms with Crippen LogP contribution in [-0.4, -0.2) is 167 Å². The molecule has 0 saturated carbocycles. The second kappa shape index (κ2) is 25.0. The van der Waals surface area contributed by atoms with E-state index in [2.05, 4.69) is 27.8 Å². The largest absolute Gasteiger partial charge is 0.479 e. The quantitative estimate of drug-likeness (QED) is 0.0268. The molecule has 5 amide bonds. The molecule has 26 heteroatoms. The summed E-state index contributed by atoms with van der Waals surface area (Å²) >= 11 is 1.45. The van der Waals surface area contributed by atoms with Crippen molar-refractivity contribution in [2.45, 2.75) is 126 Å². The second-order valence-corrected chi connectivity index (χ2v) is 23.2. The third-order valence-electron chi connectivity index (χ3n) is 15.8. The highest BCUT2D eigenvalue weighted by atomic mass is 32.2. The SMILES string of the molecule is CCSc1cc(C2(Cc3nncn3C)COC2)cc(N2Cc3c(cc(C[N+]4(Cc5ccc(O[C@@H]6O[C@H](C(=O)O)[C@@H](O)[C@H](O)[C@H]6O)c(C(=O)NCCNC(=O)CCCCCN6C(=O)C=CC6=O)c5)CCC[C@H](C)C4)cc3C(F)(F)F)C2=O)n1. The number of carboxylic acid groups (broad SMARTS) is 1. The van der Waals surface area contributed by atoms with E-state index in [4.69, 9.17) is 19.2 Å². The molecule has 440 valence electrons. The lowest BCUT2D eigenvalue weighted by molar-refractivity contribution is -0.960. The van der Waals surface area contributed by atoms with Crippen LogP contribution >= 0.6 is 11.8 Å². The topological polar surface area (TPSA) is 285 Å². The minimum Gasteiger partial charge on any atom is -0.479 e. The number of hydrogen-bond donors (Lipinski definition) is 6. The minimum absolute atomic E-state index is 0.000745. The number of carboxylic acids is 1. The summed E-state index contributed by atoms with van der Waals surface area (Å²) in [5.41, 5.74) is -0.218. The number of unbranched alkanes of at least 4 members (excludes halogenated alkanes) is 2. The highest BCUT2D eigenvalue weighted by Crippen LogP contribution is 2.43. The Kier molecular flexibility index (Phi) is 18.2. The number of pyridine rings is 1. The number of halogens is 3. The number of hydrogen-bond acceptors (Lipinski definition) is 16. The first-order chi connectivity index (χ1) is 39.1. The molecule has 3 fully saturated rings. The summed E-state index contributed by atoms with van der Waals surface area (Å²) < 4.78 is 65.3. The molecule has 0 radical (unpaired) electrons. The standard InChI is InChI=1S/C56H66F3N9O13S/c1-4-82-44-23-35(55(29-79-30-55)24-42-64-62-31-65(42)3)22-41(63-44)67-25-38-36(52(67)76)20-34(21-39(38)56(57,58)59)28-68(18-8-9-32(2)26-68)27-33-11-12-40(80-54-49(74)47(72)48(73)50(81-54)53(77)78)37(19-33)51(75)61-16-15-60-43(69)10-6-5-7-17-66-45(70)13-14-46(66)71/h11-14,19-23,31-32,47-50,54,72-74H,4-10,15-18,24-30H2,1-3H3,(H2-,60,61,69,75,77,78)/p+1/t32-,47-,48-,49+,50-,54+,68?/m0/s1. The predicted molar refractivity (Wildman–Crippen MR) is 287 cm³/mol. The van der Waals surface area contributed by atoms with E-state index in [-0.39, 0.29) is 108 Å². The van der Waals surface area contributed by atoms with E-state index in [9.17, 15) is 49.2 Å². The Labute approximate surface area is 474 Å². The zero-order chi connectivity index (χ0) is 58.7. The van der Waals surface area contributed by atoms with Crippen LogP contribution in [0, 0.1) is 5.92 Å². The molecule has 0 spiro atoms. The van der Waals surface area contributed by atoms with Gasteiger partial charge in [0.25, 0.3) is 23.6 Å². The van der Waals surface area contributed by atoms with Gasteiger partial charge in [0.15, 0.2) is 6.10 Å². The number of ether oxygens (including phenoxy) is 3. The lowest BCUT2D eigenvalue weighted by atomic mass is 9.76. The third kappa shape index (κ3) is 13.2. The van der Waals surface area contributed by atoms with E-state index in [1.807, 2.05) is 24.6 Å². The fraction of sp³-hybridized carbons (Fsp3) is 0.518. The Hall–Kier alpha value is -6.81. The maximum absolute atomic E-state index is 15.4. The van der Waals surface area contributed by atoms with Crippen molar-refractivity contribution in [2.75, 3.05) is 56.6 Å². The number of imide groups is 1. The van der Waals surface area contributed by atoms with Gasteiger partial charge in [-0.3, -0.25) is 33.8 Å². The van der Waals surface area contributed by atoms with Crippen molar-refractivity contribution in [2.24, 2.45) is 13.0 Å². The van der Waals surface area contributed by atoms with Gasteiger partial charge in [-0.2, -0.15) is 13.2 Å². The molecule has 7 heterocycles. The molecule has 5 aliphatic heterocycles. The van der Waals surface area contributed by atoms with Crippen LogP contribution < -0.4 is 20.3 Å². The highest BCUT2D eigenvalue weighted by molar-refractivity contribution is 7.99. The van der Waals surface area contributed by atoms with Gasteiger partial charge in [0.05, 0.1) is 49.0 Å². The van der Waals surface area contributed by atoms with E-state index < -0.39 is 65.6 Å². The molecule has 0 bridgehead atoms. The van der Waals surface area contributed by atoms with Crippen molar-refractivity contribution in [3.8, 4) is 5.75 Å². The van der Waals surface area contributed by atoms with Gasteiger partial charge < -0.3 is 54.3 Å². The van der Waals surface area contributed by atoms with Gasteiger partial charge in [-0.15, -0.1) is 22.0 Å². The number of benzene rings is 2. The van der Waals surface area contributed by atoms with Crippen LogP contribution in [0.5, 0.6) is 5.75 Å². The number of alkyl halides is 3. The van der Waals surface area contributed by atoms with Crippen LogP contribution in [0.2, 0.25) is 0 Å². The number of aromatic nitrogens is 4. The van der Waals surface area contributed by atoms with Gasteiger partial charge in [-0.05, 0) is 85.0 Å². The minimum atomic E-state index is -4.84. The Morgan fingerprint density at radius 3 is 2.35 bits per heavy atom. The predicted octanol–water partition coefficient (Wildman–Crippen LogP) is 3.56. The third-order valence-corrected chi connectivity index (χ3v) is 16.6. The Morgan fingerprint density at radius 2 is 1.68 bits per heavy atom. The van der Waals surface area contributed by atoms with Crippen molar-refractivity contribution >= 4 is 53.1 Å². The number of aryl methyl sites for hydroxylation is 1. The Bertz CT molecular complexity index is 3100. The average Bonchev–Trinajstić information content (AvgIpc) is 3.86. The highest BCUT2D eigenvalue weighted by Gasteiger charge is 2.49. The van der Waals surface area contributed by atoms with Crippen molar-refractivity contribution in [3.05, 3.63) is 106 Å². The molecule has 1 unspecified atom stereocenters. The number of quaternary nitrogens is 1. The number of likely N-dealkylation sites (tertiary alicyclic amines) is 1. The van der Waals surface area contributed by atoms with Gasteiger partial charge >= 0.3 is 12.1 Å². The number of amides is 5. The normalized spacial score (nSPS) is 24.1. The number of aliphatic hydroxyl groups excluding tert-OH is 3. The van der Waals surface area contributed by atoms with Gasteiger partial charge in [0, 0.05) is 79.7 Å². The first-order valence-electron chi connectivity index (χ1n) is 27.3. The van der Waals surface area contributed by atoms with E-state index in [0.717, 1.165) is 28.8 Å². The summed E-state index contributed by atoms with van der Waals surface area (Å²) in [7, 11) is 1.84. The molecular formula is C56H67F3N9O13S+. The zero-order valence-corrected chi connectivity index (χ0v) is 46.4. The molecule has 82 heavy (non-hydrogen) atoms. The lowest BCUT2D eigenvalue weighted by Crippen LogP contribution is -2.61. The molecular weight excluding hydrogens is 1100 g/mol. The smallest absolute Gasteiger partial charge is 0.416 e. The first-order valence-corrected chi connectivity index (χ1v) is 28.3. The van der Waals surface area contributed by atoms with Crippen LogP contribution in [0.4, 0.5) is 19.0 Å². The molecule has 3 saturated heterocycles. The lowest BCUT2D eigenvalue weighted by Gasteiger charge is -2.44. The molecule has 22 nitrogen and oxygen atoms in total. The van der Waals surface area contributed by atoms with Crippen LogP contribution in [-0.2, 0) is 73.3 Å². The van der Waals surface area contributed by atoms with Crippen molar-refractivity contribution < 1.29 is 81.1 Å². The van der Waals surface area contributed by atoms with Crippen LogP contribution in [0.3, 0.4) is 0 Å². The van der Waals surface area contributed by atoms with Gasteiger partial charge in [-0.1, -0.05) is 20.3 Å². The number of nitrogens with zero attached hydrogens (tertiary/aromatic N) is 7. The summed E-state index contributed by atoms with van der Waals surface area (Å²) in [5, 5.41) is 55.9. The van der Waals surface area contributed by atoms with Crippen LogP contribution in [0.1, 0.15) is 107 Å². The van der Waals surface area contributed by atoms with Gasteiger partial charge in [-0.25, -0.2) is 9.78 Å². The summed E-state index contributed by atoms with van der Waals surface area (Å²) in [6.07, 6.45) is -7.01. The molecule has 9 rings (SSSR count). The molecule has 7 atom stereocenters. The summed E-state index contributed by atoms with van der Waals surface area (Å²) in [6, 6.07) is 10.9. The summed E-state index contributed by atoms with van der Waals surface area (Å²) in [5.74, 6) is -2.60. The number of fused-ring (bicyclic) bond motifs is 1. The second-order valence-electron chi connectivity index (χ2n) is 21.9. The van der Waals surface area contributed by atoms with Crippen molar-refractivity contribution in [1.82, 2.24) is 35.3 Å². The number of nitrogens with one attached hydrogen (secondary N) is 2. The molecule has 2 aromatic heterocycles. The Morgan fingerprint density at radius 1 is 0.939 bits per heavy atom. The van der Waals surface area contributed by atoms with E-state index in [0.29, 0.717) is 74.7 Å². The van der Waals surface area contributed by atoms with E-state index in [1.54, 1.807) is 24.5 Å². The maximum Gasteiger partial charge on any atom is 0.416 e. The number of aliphatic carboxylic acids is 1. The zero-order valence-electron chi connectivity index (χ0n) is 45.6. The fourth-order valence-electron chi connectivity index (χ4n) is 11.6. The summed E-state index contributed by atoms with van der Waals surface area (Å²) in [4.78, 5) is 84.4. The molecule has 4 aromatic rings. The molecule has 0 aliphatic carbocycles. The first kappa shape index (κ1) is 59.8. The monoisotopic (exact) mass is 1160 g/mol. The van der Waals surface area contributed by atoms with Gasteiger partial charge in [0.1, 0.15) is 55.1 Å². The number of carbonyl (C=O) groups is 6. The number of piperidine rings is 1. The van der Waals surface area contributed by atoms with Crippen LogP contribution in [0.15, 0.2) is 66.0 Å². The van der Waals surface area contributed by atoms with Crippen molar-refractivity contribution in [3.63, 3.8) is 0 Å². The number of anilines is 1. The number of carbonyl (C=O) groups excluding carboxylic acids is 5.